The third kappa shape index (κ3) is 3.86. The molecule has 0 bridgehead atoms. The van der Waals surface area contributed by atoms with Crippen LogP contribution in [-0.2, 0) is 10.0 Å². The van der Waals surface area contributed by atoms with Gasteiger partial charge in [0.25, 0.3) is 5.91 Å². The largest absolute Gasteiger partial charge is 0.320 e. The quantitative estimate of drug-likeness (QED) is 0.855. The van der Waals surface area contributed by atoms with E-state index in [1.165, 1.54) is 28.6 Å². The summed E-state index contributed by atoms with van der Waals surface area (Å²) in [5.74, 6) is -0.826. The molecule has 2 heterocycles. The van der Waals surface area contributed by atoms with Crippen LogP contribution in [0.3, 0.4) is 0 Å². The Morgan fingerprint density at radius 1 is 1.36 bits per heavy atom. The Hall–Kier alpha value is -1.91. The van der Waals surface area contributed by atoms with Crippen molar-refractivity contribution in [2.24, 2.45) is 0 Å². The van der Waals surface area contributed by atoms with Gasteiger partial charge in [-0.1, -0.05) is 11.3 Å². The SMILES string of the molecule is CCS(=O)(=O)N1CCC[C@@H]1c1nnc(C(=O)Nc2ccc(F)cc2)s1. The van der Waals surface area contributed by atoms with E-state index in [0.29, 0.717) is 23.7 Å². The molecule has 7 nitrogen and oxygen atoms in total. The number of carbonyl (C=O) groups is 1. The number of halogens is 1. The van der Waals surface area contributed by atoms with Gasteiger partial charge in [-0.15, -0.1) is 10.2 Å². The van der Waals surface area contributed by atoms with Gasteiger partial charge in [-0.05, 0) is 44.0 Å². The van der Waals surface area contributed by atoms with Gasteiger partial charge in [0.05, 0.1) is 11.8 Å². The molecule has 10 heteroatoms. The van der Waals surface area contributed by atoms with Gasteiger partial charge in [0.15, 0.2) is 0 Å². The molecule has 1 aliphatic heterocycles. The molecule has 0 saturated carbocycles. The van der Waals surface area contributed by atoms with Crippen molar-refractivity contribution in [3.8, 4) is 0 Å². The zero-order chi connectivity index (χ0) is 18.0. The van der Waals surface area contributed by atoms with E-state index >= 15 is 0 Å². The zero-order valence-electron chi connectivity index (χ0n) is 13.5. The van der Waals surface area contributed by atoms with Crippen molar-refractivity contribution in [3.63, 3.8) is 0 Å². The first-order valence-corrected chi connectivity index (χ1v) is 10.2. The summed E-state index contributed by atoms with van der Waals surface area (Å²) in [7, 11) is -3.32. The summed E-state index contributed by atoms with van der Waals surface area (Å²) in [5, 5.41) is 11.2. The predicted octanol–water partition coefficient (Wildman–Crippen LogP) is 2.42. The smallest absolute Gasteiger partial charge is 0.286 e. The van der Waals surface area contributed by atoms with Gasteiger partial charge < -0.3 is 5.32 Å². The molecule has 1 atom stereocenters. The van der Waals surface area contributed by atoms with Crippen molar-refractivity contribution < 1.29 is 17.6 Å². The maximum absolute atomic E-state index is 12.9. The molecule has 1 saturated heterocycles. The number of anilines is 1. The molecule has 0 spiro atoms. The van der Waals surface area contributed by atoms with Crippen LogP contribution in [0.15, 0.2) is 24.3 Å². The molecule has 0 unspecified atom stereocenters. The van der Waals surface area contributed by atoms with E-state index in [1.54, 1.807) is 6.92 Å². The minimum Gasteiger partial charge on any atom is -0.320 e. The number of nitrogens with one attached hydrogen (secondary N) is 1. The van der Waals surface area contributed by atoms with Gasteiger partial charge in [-0.3, -0.25) is 4.79 Å². The Morgan fingerprint density at radius 2 is 2.08 bits per heavy atom. The molecule has 2 aromatic rings. The van der Waals surface area contributed by atoms with Gasteiger partial charge in [-0.2, -0.15) is 4.31 Å². The fourth-order valence-corrected chi connectivity index (χ4v) is 4.95. The third-order valence-electron chi connectivity index (χ3n) is 3.95. The first-order valence-electron chi connectivity index (χ1n) is 7.80. The van der Waals surface area contributed by atoms with Crippen molar-refractivity contribution in [3.05, 3.63) is 40.1 Å². The second kappa shape index (κ2) is 7.14. The maximum Gasteiger partial charge on any atom is 0.286 e. The second-order valence-electron chi connectivity index (χ2n) is 5.58. The number of hydrogen-bond acceptors (Lipinski definition) is 6. The standard InChI is InChI=1S/C15H17FN4O3S2/c1-2-25(22,23)20-9-3-4-12(20)14-18-19-15(24-14)13(21)17-11-7-5-10(16)6-8-11/h5-8,12H,2-4,9H2,1H3,(H,17,21)/t12-/m1/s1. The van der Waals surface area contributed by atoms with Crippen LogP contribution in [0.2, 0.25) is 0 Å². The third-order valence-corrected chi connectivity index (χ3v) is 6.85. The lowest BCUT2D eigenvalue weighted by Gasteiger charge is -2.21. The van der Waals surface area contributed by atoms with Crippen LogP contribution < -0.4 is 5.32 Å². The van der Waals surface area contributed by atoms with E-state index < -0.39 is 21.7 Å². The highest BCUT2D eigenvalue weighted by molar-refractivity contribution is 7.89. The molecular weight excluding hydrogens is 367 g/mol. The van der Waals surface area contributed by atoms with Gasteiger partial charge in [-0.25, -0.2) is 12.8 Å². The monoisotopic (exact) mass is 384 g/mol. The maximum atomic E-state index is 12.9. The average molecular weight is 384 g/mol. The highest BCUT2D eigenvalue weighted by Crippen LogP contribution is 2.35. The van der Waals surface area contributed by atoms with E-state index in [-0.39, 0.29) is 16.8 Å². The van der Waals surface area contributed by atoms with Gasteiger partial charge in [0.1, 0.15) is 10.8 Å². The van der Waals surface area contributed by atoms with Crippen LogP contribution in [0.25, 0.3) is 0 Å². The highest BCUT2D eigenvalue weighted by atomic mass is 32.2. The van der Waals surface area contributed by atoms with Crippen molar-refractivity contribution in [1.82, 2.24) is 14.5 Å². The number of aromatic nitrogens is 2. The minimum absolute atomic E-state index is 0.0280. The van der Waals surface area contributed by atoms with E-state index in [9.17, 15) is 17.6 Å². The molecule has 0 radical (unpaired) electrons. The molecule has 1 aromatic carbocycles. The predicted molar refractivity (Wildman–Crippen MR) is 92.4 cm³/mol. The molecule has 1 fully saturated rings. The fourth-order valence-electron chi connectivity index (χ4n) is 2.66. The van der Waals surface area contributed by atoms with E-state index in [1.807, 2.05) is 0 Å². The molecule has 1 aliphatic rings. The van der Waals surface area contributed by atoms with Crippen LogP contribution in [-0.4, -0.2) is 41.1 Å². The number of sulfonamides is 1. The number of rotatable bonds is 5. The lowest BCUT2D eigenvalue weighted by molar-refractivity contribution is 0.102. The van der Waals surface area contributed by atoms with Gasteiger partial charge in [0, 0.05) is 12.2 Å². The summed E-state index contributed by atoms with van der Waals surface area (Å²) < 4.78 is 38.7. The number of amides is 1. The Kier molecular flexibility index (Phi) is 5.11. The summed E-state index contributed by atoms with van der Waals surface area (Å²) in [4.78, 5) is 12.2. The van der Waals surface area contributed by atoms with Crippen LogP contribution in [0.4, 0.5) is 10.1 Å². The first-order chi connectivity index (χ1) is 11.9. The minimum atomic E-state index is -3.32. The van der Waals surface area contributed by atoms with Crippen LogP contribution in [0, 0.1) is 5.82 Å². The average Bonchev–Trinajstić information content (AvgIpc) is 3.26. The van der Waals surface area contributed by atoms with E-state index in [2.05, 4.69) is 15.5 Å². The van der Waals surface area contributed by atoms with E-state index in [0.717, 1.165) is 17.8 Å². The normalized spacial score (nSPS) is 18.4. The summed E-state index contributed by atoms with van der Waals surface area (Å²) in [6, 6.07) is 5.01. The highest BCUT2D eigenvalue weighted by Gasteiger charge is 2.36. The lowest BCUT2D eigenvalue weighted by Crippen LogP contribution is -2.31. The molecule has 3 rings (SSSR count). The number of nitrogens with zero attached hydrogens (tertiary/aromatic N) is 3. The fraction of sp³-hybridized carbons (Fsp3) is 0.400. The van der Waals surface area contributed by atoms with Crippen molar-refractivity contribution >= 4 is 33.0 Å². The zero-order valence-corrected chi connectivity index (χ0v) is 15.1. The van der Waals surface area contributed by atoms with Crippen LogP contribution in [0.1, 0.15) is 40.6 Å². The van der Waals surface area contributed by atoms with E-state index in [4.69, 9.17) is 0 Å². The topological polar surface area (TPSA) is 92.3 Å². The summed E-state index contributed by atoms with van der Waals surface area (Å²) >= 11 is 1.08. The Morgan fingerprint density at radius 3 is 2.76 bits per heavy atom. The Labute approximate surface area is 148 Å². The molecule has 134 valence electrons. The van der Waals surface area contributed by atoms with Gasteiger partial charge >= 0.3 is 0 Å². The number of benzene rings is 1. The van der Waals surface area contributed by atoms with Crippen LogP contribution >= 0.6 is 11.3 Å². The summed E-state index contributed by atoms with van der Waals surface area (Å²) in [6.07, 6.45) is 1.41. The molecule has 1 N–H and O–H groups in total. The van der Waals surface area contributed by atoms with Crippen molar-refractivity contribution in [2.45, 2.75) is 25.8 Å². The number of hydrogen-bond donors (Lipinski definition) is 1. The van der Waals surface area contributed by atoms with Crippen LogP contribution in [0.5, 0.6) is 0 Å². The summed E-state index contributed by atoms with van der Waals surface area (Å²) in [6.45, 7) is 2.06. The summed E-state index contributed by atoms with van der Waals surface area (Å²) in [5.41, 5.74) is 0.444. The Balaban J connectivity index is 1.75. The lowest BCUT2D eigenvalue weighted by atomic mass is 10.2. The van der Waals surface area contributed by atoms with Gasteiger partial charge in [0.2, 0.25) is 15.0 Å². The Bertz CT molecular complexity index is 867. The number of carbonyl (C=O) groups excluding carboxylic acids is 1. The molecule has 1 amide bonds. The molecule has 1 aromatic heterocycles. The first kappa shape index (κ1) is 17.9. The molecular formula is C15H17FN4O3S2. The second-order valence-corrected chi connectivity index (χ2v) is 8.80. The van der Waals surface area contributed by atoms with Crippen molar-refractivity contribution in [2.75, 3.05) is 17.6 Å². The van der Waals surface area contributed by atoms with Crippen molar-refractivity contribution in [1.29, 1.82) is 0 Å². The molecule has 25 heavy (non-hydrogen) atoms. The molecule has 0 aliphatic carbocycles.